The highest BCUT2D eigenvalue weighted by Crippen LogP contribution is 2.42. The number of aliphatic hydroxyl groups is 1. The van der Waals surface area contributed by atoms with Crippen LogP contribution in [0.15, 0.2) is 52.3 Å². The van der Waals surface area contributed by atoms with Gasteiger partial charge in [-0.05, 0) is 30.3 Å². The van der Waals surface area contributed by atoms with Crippen LogP contribution in [0.5, 0.6) is 5.75 Å². The van der Waals surface area contributed by atoms with Crippen LogP contribution < -0.4 is 9.64 Å². The van der Waals surface area contributed by atoms with E-state index in [1.54, 1.807) is 37.3 Å². The number of ether oxygens (including phenoxy) is 1. The van der Waals surface area contributed by atoms with Crippen molar-refractivity contribution in [3.63, 3.8) is 0 Å². The molecule has 1 aliphatic rings. The van der Waals surface area contributed by atoms with E-state index in [2.05, 4.69) is 0 Å². The maximum Gasteiger partial charge on any atom is 0.294 e. The Morgan fingerprint density at radius 3 is 2.72 bits per heavy atom. The van der Waals surface area contributed by atoms with Crippen LogP contribution in [0, 0.1) is 0 Å². The van der Waals surface area contributed by atoms with Crippen LogP contribution in [0.4, 0.5) is 5.69 Å². The molecule has 0 aliphatic carbocycles. The number of Topliss-reactive ketones (excluding diaryl/α,β-unsaturated/α-hetero) is 1. The molecule has 0 saturated heterocycles. The number of carbonyl (C=O) groups excluding carboxylic acids is 2. The van der Waals surface area contributed by atoms with Crippen LogP contribution in [0.3, 0.4) is 0 Å². The van der Waals surface area contributed by atoms with Crippen molar-refractivity contribution in [2.45, 2.75) is 19.4 Å². The smallest absolute Gasteiger partial charge is 0.294 e. The summed E-state index contributed by atoms with van der Waals surface area (Å²) in [6.45, 7) is 1.67. The Bertz CT molecular complexity index is 856. The normalized spacial score (nSPS) is 17.3. The number of benzene rings is 1. The van der Waals surface area contributed by atoms with E-state index in [4.69, 9.17) is 20.8 Å². The monoisotopic (exact) mass is 361 g/mol. The highest BCUT2D eigenvalue weighted by Gasteiger charge is 2.45. The van der Waals surface area contributed by atoms with Gasteiger partial charge in [0.15, 0.2) is 11.5 Å². The minimum absolute atomic E-state index is 0.0226. The van der Waals surface area contributed by atoms with Gasteiger partial charge in [0.25, 0.3) is 5.91 Å². The Hall–Kier alpha value is -2.73. The van der Waals surface area contributed by atoms with E-state index in [1.807, 2.05) is 0 Å². The fourth-order valence-corrected chi connectivity index (χ4v) is 3.12. The quantitative estimate of drug-likeness (QED) is 0.875. The van der Waals surface area contributed by atoms with E-state index >= 15 is 0 Å². The highest BCUT2D eigenvalue weighted by atomic mass is 35.5. The predicted octanol–water partition coefficient (Wildman–Crippen LogP) is 3.82. The predicted molar refractivity (Wildman–Crippen MR) is 91.9 cm³/mol. The van der Waals surface area contributed by atoms with Crippen LogP contribution in [-0.4, -0.2) is 23.9 Å². The van der Waals surface area contributed by atoms with Gasteiger partial charge in [0, 0.05) is 12.1 Å². The molecule has 2 aromatic rings. The molecule has 25 heavy (non-hydrogen) atoms. The maximum atomic E-state index is 12.7. The molecular formula is C18H16ClNO5. The lowest BCUT2D eigenvalue weighted by Gasteiger charge is -2.25. The van der Waals surface area contributed by atoms with Gasteiger partial charge in [-0.15, -0.1) is 0 Å². The largest absolute Gasteiger partial charge is 0.503 e. The summed E-state index contributed by atoms with van der Waals surface area (Å²) in [6, 6.07) is 7.24. The number of halogens is 1. The number of anilines is 1. The summed E-state index contributed by atoms with van der Waals surface area (Å²) in [6.07, 6.45) is 1.60. The van der Waals surface area contributed by atoms with Crippen LogP contribution in [0.25, 0.3) is 0 Å². The van der Waals surface area contributed by atoms with Gasteiger partial charge >= 0.3 is 0 Å². The topological polar surface area (TPSA) is 80.0 Å². The van der Waals surface area contributed by atoms with Gasteiger partial charge in [0.05, 0.1) is 24.0 Å². The maximum absolute atomic E-state index is 12.7. The second kappa shape index (κ2) is 6.64. The second-order valence-corrected chi connectivity index (χ2v) is 5.86. The molecule has 0 fully saturated rings. The first kappa shape index (κ1) is 17.1. The molecule has 0 radical (unpaired) electrons. The SMILES string of the molecule is CCC(=O)C1=C(O)C(=O)N(c2ccc(OC)c(Cl)c2)C1c1ccco1. The van der Waals surface area contributed by atoms with Crippen LogP contribution in [0.2, 0.25) is 5.02 Å². The van der Waals surface area contributed by atoms with Crippen molar-refractivity contribution in [1.82, 2.24) is 0 Å². The van der Waals surface area contributed by atoms with E-state index in [-0.39, 0.29) is 17.8 Å². The van der Waals surface area contributed by atoms with Crippen molar-refractivity contribution in [3.05, 3.63) is 58.7 Å². The Kier molecular flexibility index (Phi) is 4.55. The lowest BCUT2D eigenvalue weighted by Crippen LogP contribution is -2.30. The third-order valence-electron chi connectivity index (χ3n) is 4.06. The number of furan rings is 1. The van der Waals surface area contributed by atoms with Crippen molar-refractivity contribution >= 4 is 29.0 Å². The van der Waals surface area contributed by atoms with Crippen LogP contribution in [-0.2, 0) is 9.59 Å². The lowest BCUT2D eigenvalue weighted by atomic mass is 9.99. The number of rotatable bonds is 5. The van der Waals surface area contributed by atoms with E-state index in [9.17, 15) is 14.7 Å². The number of nitrogens with zero attached hydrogens (tertiary/aromatic N) is 1. The molecule has 3 rings (SSSR count). The molecule has 1 aliphatic heterocycles. The molecule has 1 N–H and O–H groups in total. The summed E-state index contributed by atoms with van der Waals surface area (Å²) in [7, 11) is 1.49. The number of aliphatic hydroxyl groups excluding tert-OH is 1. The minimum atomic E-state index is -0.848. The fraction of sp³-hybridized carbons (Fsp3) is 0.222. The van der Waals surface area contributed by atoms with Gasteiger partial charge in [-0.2, -0.15) is 0 Å². The van der Waals surface area contributed by atoms with E-state index in [1.165, 1.54) is 18.3 Å². The highest BCUT2D eigenvalue weighted by molar-refractivity contribution is 6.32. The summed E-state index contributed by atoms with van der Waals surface area (Å²) in [5.41, 5.74) is 0.442. The Balaban J connectivity index is 2.14. The van der Waals surface area contributed by atoms with E-state index < -0.39 is 17.7 Å². The molecule has 1 atom stereocenters. The second-order valence-electron chi connectivity index (χ2n) is 5.45. The zero-order valence-electron chi connectivity index (χ0n) is 13.7. The lowest BCUT2D eigenvalue weighted by molar-refractivity contribution is -0.118. The van der Waals surface area contributed by atoms with Crippen molar-refractivity contribution in [1.29, 1.82) is 0 Å². The Morgan fingerprint density at radius 1 is 1.40 bits per heavy atom. The zero-order chi connectivity index (χ0) is 18.1. The molecule has 1 aromatic carbocycles. The third kappa shape index (κ3) is 2.78. The average Bonchev–Trinajstić information content (AvgIpc) is 3.22. The van der Waals surface area contributed by atoms with Crippen LogP contribution in [0.1, 0.15) is 25.1 Å². The summed E-state index contributed by atoms with van der Waals surface area (Å²) < 4.78 is 10.5. The molecule has 6 nitrogen and oxygen atoms in total. The van der Waals surface area contributed by atoms with Crippen molar-refractivity contribution in [2.75, 3.05) is 12.0 Å². The van der Waals surface area contributed by atoms with Gasteiger partial charge < -0.3 is 14.3 Å². The molecule has 0 saturated carbocycles. The van der Waals surface area contributed by atoms with Gasteiger partial charge in [-0.3, -0.25) is 14.5 Å². The van der Waals surface area contributed by atoms with Crippen molar-refractivity contribution < 1.29 is 23.8 Å². The Labute approximate surface area is 149 Å². The first-order chi connectivity index (χ1) is 12.0. The van der Waals surface area contributed by atoms with Gasteiger partial charge in [-0.25, -0.2) is 0 Å². The van der Waals surface area contributed by atoms with E-state index in [0.717, 1.165) is 0 Å². The van der Waals surface area contributed by atoms with Crippen LogP contribution >= 0.6 is 11.6 Å². The summed E-state index contributed by atoms with van der Waals surface area (Å²) in [4.78, 5) is 26.3. The van der Waals surface area contributed by atoms with Crippen molar-refractivity contribution in [2.24, 2.45) is 0 Å². The number of ketones is 1. The number of amides is 1. The third-order valence-corrected chi connectivity index (χ3v) is 4.35. The Morgan fingerprint density at radius 2 is 2.16 bits per heavy atom. The minimum Gasteiger partial charge on any atom is -0.503 e. The first-order valence-corrected chi connectivity index (χ1v) is 8.04. The van der Waals surface area contributed by atoms with Gasteiger partial charge in [0.2, 0.25) is 0 Å². The molecule has 1 aromatic heterocycles. The van der Waals surface area contributed by atoms with Crippen molar-refractivity contribution in [3.8, 4) is 5.75 Å². The number of hydrogen-bond acceptors (Lipinski definition) is 5. The van der Waals surface area contributed by atoms with Gasteiger partial charge in [0.1, 0.15) is 17.6 Å². The molecule has 1 unspecified atom stereocenters. The van der Waals surface area contributed by atoms with E-state index in [0.29, 0.717) is 22.2 Å². The van der Waals surface area contributed by atoms with Gasteiger partial charge in [-0.1, -0.05) is 18.5 Å². The molecule has 1 amide bonds. The summed E-state index contributed by atoms with van der Waals surface area (Å²) >= 11 is 6.16. The molecule has 130 valence electrons. The average molecular weight is 362 g/mol. The number of methoxy groups -OCH3 is 1. The standard InChI is InChI=1S/C18H16ClNO5/c1-3-12(21)15-16(14-5-4-8-25-14)20(18(23)17(15)22)10-6-7-13(24-2)11(19)9-10/h4-9,16,22H,3H2,1-2H3. The summed E-state index contributed by atoms with van der Waals surface area (Å²) in [5, 5.41) is 10.6. The number of carbonyl (C=O) groups is 2. The summed E-state index contributed by atoms with van der Waals surface area (Å²) in [5.74, 6) is -0.747. The molecule has 0 spiro atoms. The molecular weight excluding hydrogens is 346 g/mol. The fourth-order valence-electron chi connectivity index (χ4n) is 2.87. The number of hydrogen-bond donors (Lipinski definition) is 1. The molecule has 0 bridgehead atoms. The molecule has 7 heteroatoms. The molecule has 2 heterocycles. The zero-order valence-corrected chi connectivity index (χ0v) is 14.4. The first-order valence-electron chi connectivity index (χ1n) is 7.66.